The molecule has 3 amide bonds. The van der Waals surface area contributed by atoms with E-state index < -0.39 is 29.7 Å². The van der Waals surface area contributed by atoms with Crippen LogP contribution in [0.25, 0.3) is 0 Å². The first-order valence-corrected chi connectivity index (χ1v) is 6.94. The third kappa shape index (κ3) is 4.67. The van der Waals surface area contributed by atoms with Crippen molar-refractivity contribution in [2.45, 2.75) is 13.0 Å². The standard InChI is InChI=1S/C16H15F2N3O3/c1-9(24-12-6-7-13(17)14(18)8-12)15(22)20-10-2-4-11(5-3-10)21-16(19)23/h2-9H,1H3,(H,20,22)(H3,19,21,23)/t9-/m1/s1. The van der Waals surface area contributed by atoms with E-state index in [0.717, 1.165) is 12.1 Å². The van der Waals surface area contributed by atoms with E-state index in [2.05, 4.69) is 10.6 Å². The van der Waals surface area contributed by atoms with Crippen LogP contribution in [-0.2, 0) is 4.79 Å². The SMILES string of the molecule is C[C@@H](Oc1ccc(F)c(F)c1)C(=O)Nc1ccc(NC(N)=O)cc1. The number of benzene rings is 2. The van der Waals surface area contributed by atoms with Gasteiger partial charge in [0.2, 0.25) is 0 Å². The van der Waals surface area contributed by atoms with E-state index in [1.165, 1.54) is 13.0 Å². The van der Waals surface area contributed by atoms with E-state index in [-0.39, 0.29) is 5.75 Å². The smallest absolute Gasteiger partial charge is 0.316 e. The molecule has 126 valence electrons. The van der Waals surface area contributed by atoms with Crippen molar-refractivity contribution in [3.63, 3.8) is 0 Å². The quantitative estimate of drug-likeness (QED) is 0.784. The number of ether oxygens (including phenoxy) is 1. The molecule has 0 bridgehead atoms. The van der Waals surface area contributed by atoms with Crippen LogP contribution in [-0.4, -0.2) is 18.0 Å². The Morgan fingerprint density at radius 1 is 1.00 bits per heavy atom. The van der Waals surface area contributed by atoms with Crippen LogP contribution >= 0.6 is 0 Å². The molecule has 0 unspecified atom stereocenters. The maximum Gasteiger partial charge on any atom is 0.316 e. The van der Waals surface area contributed by atoms with Crippen LogP contribution < -0.4 is 21.1 Å². The number of nitrogens with one attached hydrogen (secondary N) is 2. The molecule has 0 saturated carbocycles. The zero-order valence-electron chi connectivity index (χ0n) is 12.7. The van der Waals surface area contributed by atoms with Gasteiger partial charge in [-0.2, -0.15) is 0 Å². The Bertz CT molecular complexity index is 751. The molecule has 1 atom stereocenters. The largest absolute Gasteiger partial charge is 0.481 e. The molecule has 6 nitrogen and oxygen atoms in total. The Hall–Kier alpha value is -3.16. The normalized spacial score (nSPS) is 11.5. The summed E-state index contributed by atoms with van der Waals surface area (Å²) in [7, 11) is 0. The summed E-state index contributed by atoms with van der Waals surface area (Å²) < 4.78 is 31.2. The molecular formula is C16H15F2N3O3. The van der Waals surface area contributed by atoms with Gasteiger partial charge >= 0.3 is 6.03 Å². The number of nitrogens with two attached hydrogens (primary N) is 1. The second kappa shape index (κ2) is 7.40. The molecule has 0 heterocycles. The van der Waals surface area contributed by atoms with E-state index in [4.69, 9.17) is 10.5 Å². The summed E-state index contributed by atoms with van der Waals surface area (Å²) in [5.41, 5.74) is 5.94. The summed E-state index contributed by atoms with van der Waals surface area (Å²) in [6.07, 6.45) is -0.932. The molecule has 0 aliphatic heterocycles. The topological polar surface area (TPSA) is 93.4 Å². The van der Waals surface area contributed by atoms with Gasteiger partial charge in [-0.3, -0.25) is 4.79 Å². The summed E-state index contributed by atoms with van der Waals surface area (Å²) in [6, 6.07) is 8.55. The molecule has 0 aliphatic rings. The van der Waals surface area contributed by atoms with Crippen molar-refractivity contribution >= 4 is 23.3 Å². The third-order valence-corrected chi connectivity index (χ3v) is 2.99. The van der Waals surface area contributed by atoms with Gasteiger partial charge in [0.25, 0.3) is 5.91 Å². The van der Waals surface area contributed by atoms with E-state index in [1.54, 1.807) is 24.3 Å². The first-order chi connectivity index (χ1) is 11.3. The minimum Gasteiger partial charge on any atom is -0.481 e. The highest BCUT2D eigenvalue weighted by Crippen LogP contribution is 2.18. The highest BCUT2D eigenvalue weighted by molar-refractivity contribution is 5.94. The summed E-state index contributed by atoms with van der Waals surface area (Å²) in [4.78, 5) is 22.8. The Balaban J connectivity index is 1.95. The minimum absolute atomic E-state index is 0.0394. The fourth-order valence-electron chi connectivity index (χ4n) is 1.83. The van der Waals surface area contributed by atoms with Gasteiger partial charge in [0, 0.05) is 17.4 Å². The van der Waals surface area contributed by atoms with Gasteiger partial charge in [-0.25, -0.2) is 13.6 Å². The van der Waals surface area contributed by atoms with Crippen molar-refractivity contribution in [2.24, 2.45) is 5.73 Å². The number of amides is 3. The molecule has 0 spiro atoms. The summed E-state index contributed by atoms with van der Waals surface area (Å²) in [5.74, 6) is -2.49. The third-order valence-electron chi connectivity index (χ3n) is 2.99. The summed E-state index contributed by atoms with van der Waals surface area (Å²) in [6.45, 7) is 1.47. The Kier molecular flexibility index (Phi) is 5.31. The van der Waals surface area contributed by atoms with Gasteiger partial charge in [0.15, 0.2) is 17.7 Å². The van der Waals surface area contributed by atoms with Gasteiger partial charge in [-0.15, -0.1) is 0 Å². The molecule has 0 aromatic heterocycles. The zero-order valence-corrected chi connectivity index (χ0v) is 12.7. The first-order valence-electron chi connectivity index (χ1n) is 6.94. The molecule has 4 N–H and O–H groups in total. The lowest BCUT2D eigenvalue weighted by molar-refractivity contribution is -0.122. The fourth-order valence-corrected chi connectivity index (χ4v) is 1.83. The number of carbonyl (C=O) groups is 2. The number of rotatable bonds is 5. The van der Waals surface area contributed by atoms with Crippen LogP contribution in [0.4, 0.5) is 25.0 Å². The molecule has 2 aromatic carbocycles. The van der Waals surface area contributed by atoms with E-state index in [9.17, 15) is 18.4 Å². The van der Waals surface area contributed by atoms with Gasteiger partial charge < -0.3 is 21.1 Å². The van der Waals surface area contributed by atoms with Crippen molar-refractivity contribution < 1.29 is 23.1 Å². The monoisotopic (exact) mass is 335 g/mol. The molecule has 0 radical (unpaired) electrons. The lowest BCUT2D eigenvalue weighted by Gasteiger charge is -2.15. The molecular weight excluding hydrogens is 320 g/mol. The maximum atomic E-state index is 13.1. The highest BCUT2D eigenvalue weighted by Gasteiger charge is 2.16. The van der Waals surface area contributed by atoms with Gasteiger partial charge in [0.1, 0.15) is 5.75 Å². The van der Waals surface area contributed by atoms with Crippen LogP contribution in [0.5, 0.6) is 5.75 Å². The number of urea groups is 1. The van der Waals surface area contributed by atoms with E-state index in [1.807, 2.05) is 0 Å². The Labute approximate surface area is 136 Å². The van der Waals surface area contributed by atoms with Crippen molar-refractivity contribution in [3.8, 4) is 5.75 Å². The van der Waals surface area contributed by atoms with Gasteiger partial charge in [-0.05, 0) is 43.3 Å². The number of hydrogen-bond acceptors (Lipinski definition) is 3. The Morgan fingerprint density at radius 2 is 1.58 bits per heavy atom. The zero-order chi connectivity index (χ0) is 17.7. The van der Waals surface area contributed by atoms with Crippen LogP contribution in [0.15, 0.2) is 42.5 Å². The van der Waals surface area contributed by atoms with E-state index >= 15 is 0 Å². The molecule has 2 rings (SSSR count). The van der Waals surface area contributed by atoms with Gasteiger partial charge in [-0.1, -0.05) is 0 Å². The second-order valence-electron chi connectivity index (χ2n) is 4.89. The number of hydrogen-bond donors (Lipinski definition) is 3. The van der Waals surface area contributed by atoms with Crippen LogP contribution in [0.3, 0.4) is 0 Å². The fraction of sp³-hybridized carbons (Fsp3) is 0.125. The van der Waals surface area contributed by atoms with Crippen LogP contribution in [0.1, 0.15) is 6.92 Å². The molecule has 2 aromatic rings. The summed E-state index contributed by atoms with van der Waals surface area (Å²) in [5, 5.41) is 4.98. The number of carbonyl (C=O) groups excluding carboxylic acids is 2. The number of anilines is 2. The highest BCUT2D eigenvalue weighted by atomic mass is 19.2. The average molecular weight is 335 g/mol. The molecule has 0 aliphatic carbocycles. The first kappa shape index (κ1) is 17.2. The van der Waals surface area contributed by atoms with Crippen molar-refractivity contribution in [2.75, 3.05) is 10.6 Å². The average Bonchev–Trinajstić information content (AvgIpc) is 2.52. The second-order valence-corrected chi connectivity index (χ2v) is 4.89. The lowest BCUT2D eigenvalue weighted by atomic mass is 10.2. The number of halogens is 2. The molecule has 8 heteroatoms. The summed E-state index contributed by atoms with van der Waals surface area (Å²) >= 11 is 0. The van der Waals surface area contributed by atoms with Crippen LogP contribution in [0.2, 0.25) is 0 Å². The molecule has 0 saturated heterocycles. The molecule has 24 heavy (non-hydrogen) atoms. The van der Waals surface area contributed by atoms with Crippen LogP contribution in [0, 0.1) is 11.6 Å². The maximum absolute atomic E-state index is 13.1. The van der Waals surface area contributed by atoms with Crippen molar-refractivity contribution in [1.29, 1.82) is 0 Å². The molecule has 0 fully saturated rings. The van der Waals surface area contributed by atoms with Gasteiger partial charge in [0.05, 0.1) is 0 Å². The predicted octanol–water partition coefficient (Wildman–Crippen LogP) is 2.86. The Morgan fingerprint density at radius 3 is 2.12 bits per heavy atom. The number of primary amides is 1. The van der Waals surface area contributed by atoms with Crippen molar-refractivity contribution in [1.82, 2.24) is 0 Å². The van der Waals surface area contributed by atoms with Crippen molar-refractivity contribution in [3.05, 3.63) is 54.1 Å². The van der Waals surface area contributed by atoms with E-state index in [0.29, 0.717) is 11.4 Å². The predicted molar refractivity (Wildman–Crippen MR) is 84.7 cm³/mol. The minimum atomic E-state index is -1.06. The lowest BCUT2D eigenvalue weighted by Crippen LogP contribution is -2.30.